The first kappa shape index (κ1) is 14.2. The van der Waals surface area contributed by atoms with Crippen molar-refractivity contribution in [1.82, 2.24) is 9.80 Å². The van der Waals surface area contributed by atoms with Crippen LogP contribution in [0, 0.1) is 5.92 Å². The third kappa shape index (κ3) is 6.33. The van der Waals surface area contributed by atoms with Gasteiger partial charge in [-0.3, -0.25) is 4.99 Å². The van der Waals surface area contributed by atoms with Crippen LogP contribution in [0.4, 0.5) is 0 Å². The molecule has 0 unspecified atom stereocenters. The summed E-state index contributed by atoms with van der Waals surface area (Å²) in [5.74, 6) is 1.60. The number of guanidine groups is 1. The van der Waals surface area contributed by atoms with Crippen LogP contribution in [-0.2, 0) is 0 Å². The first-order chi connectivity index (χ1) is 6.84. The van der Waals surface area contributed by atoms with Gasteiger partial charge in [-0.1, -0.05) is 13.8 Å². The molecule has 0 aliphatic heterocycles. The molecule has 90 valence electrons. The Hall–Kier alpha value is -0.770. The van der Waals surface area contributed by atoms with Gasteiger partial charge < -0.3 is 15.5 Å². The molecule has 0 saturated heterocycles. The number of hydrogen-bond donors (Lipinski definition) is 1. The summed E-state index contributed by atoms with van der Waals surface area (Å²) in [6, 6.07) is 0.167. The van der Waals surface area contributed by atoms with Crippen LogP contribution in [0.15, 0.2) is 4.99 Å². The van der Waals surface area contributed by atoms with Crippen LogP contribution in [-0.4, -0.2) is 56.5 Å². The van der Waals surface area contributed by atoms with Crippen molar-refractivity contribution in [2.24, 2.45) is 16.6 Å². The lowest BCUT2D eigenvalue weighted by Crippen LogP contribution is -2.37. The summed E-state index contributed by atoms with van der Waals surface area (Å²) in [4.78, 5) is 8.52. The van der Waals surface area contributed by atoms with Gasteiger partial charge in [0, 0.05) is 34.2 Å². The topological polar surface area (TPSA) is 44.9 Å². The molecular formula is C11H26N4. The van der Waals surface area contributed by atoms with E-state index in [-0.39, 0.29) is 6.04 Å². The third-order valence-electron chi connectivity index (χ3n) is 2.04. The maximum Gasteiger partial charge on any atom is 0.195 e. The van der Waals surface area contributed by atoms with E-state index in [9.17, 15) is 0 Å². The molecule has 15 heavy (non-hydrogen) atoms. The average molecular weight is 214 g/mol. The standard InChI is InChI=1S/C11H26N4/c1-9(2)7-10(12)8-13-11(14(3)4)15(5)6/h9-10H,7-8,12H2,1-6H3/t10-/m0/s1. The van der Waals surface area contributed by atoms with Crippen molar-refractivity contribution in [3.05, 3.63) is 0 Å². The van der Waals surface area contributed by atoms with E-state index in [0.29, 0.717) is 12.5 Å². The molecule has 0 fully saturated rings. The van der Waals surface area contributed by atoms with Gasteiger partial charge in [-0.2, -0.15) is 0 Å². The zero-order chi connectivity index (χ0) is 12.0. The minimum absolute atomic E-state index is 0.167. The summed E-state index contributed by atoms with van der Waals surface area (Å²) in [7, 11) is 7.97. The minimum Gasteiger partial charge on any atom is -0.349 e. The van der Waals surface area contributed by atoms with Crippen LogP contribution in [0.5, 0.6) is 0 Å². The molecule has 0 aliphatic carbocycles. The third-order valence-corrected chi connectivity index (χ3v) is 2.04. The van der Waals surface area contributed by atoms with Gasteiger partial charge in [-0.05, 0) is 12.3 Å². The Morgan fingerprint density at radius 2 is 1.60 bits per heavy atom. The van der Waals surface area contributed by atoms with Crippen molar-refractivity contribution >= 4 is 5.96 Å². The summed E-state index contributed by atoms with van der Waals surface area (Å²) in [5, 5.41) is 0. The molecule has 0 bridgehead atoms. The maximum atomic E-state index is 5.98. The maximum absolute atomic E-state index is 5.98. The number of nitrogens with two attached hydrogens (primary N) is 1. The molecule has 0 aliphatic rings. The molecule has 0 heterocycles. The Morgan fingerprint density at radius 1 is 1.13 bits per heavy atom. The lowest BCUT2D eigenvalue weighted by Gasteiger charge is -2.23. The van der Waals surface area contributed by atoms with Crippen molar-refractivity contribution in [3.63, 3.8) is 0 Å². The molecule has 0 spiro atoms. The molecule has 4 heteroatoms. The van der Waals surface area contributed by atoms with E-state index in [2.05, 4.69) is 18.8 Å². The Labute approximate surface area is 94.1 Å². The molecule has 4 nitrogen and oxygen atoms in total. The van der Waals surface area contributed by atoms with E-state index in [4.69, 9.17) is 5.73 Å². The summed E-state index contributed by atoms with van der Waals surface area (Å²) < 4.78 is 0. The largest absolute Gasteiger partial charge is 0.349 e. The zero-order valence-corrected chi connectivity index (χ0v) is 11.0. The van der Waals surface area contributed by atoms with Gasteiger partial charge >= 0.3 is 0 Å². The predicted octanol–water partition coefficient (Wildman–Crippen LogP) is 0.839. The summed E-state index contributed by atoms with van der Waals surface area (Å²) in [6.45, 7) is 5.06. The predicted molar refractivity (Wildman–Crippen MR) is 67.1 cm³/mol. The van der Waals surface area contributed by atoms with Gasteiger partial charge in [-0.25, -0.2) is 0 Å². The highest BCUT2D eigenvalue weighted by atomic mass is 15.3. The molecule has 0 rings (SSSR count). The molecular weight excluding hydrogens is 188 g/mol. The van der Waals surface area contributed by atoms with Crippen molar-refractivity contribution in [1.29, 1.82) is 0 Å². The van der Waals surface area contributed by atoms with E-state index in [1.165, 1.54) is 0 Å². The summed E-state index contributed by atoms with van der Waals surface area (Å²) in [6.07, 6.45) is 1.03. The fraction of sp³-hybridized carbons (Fsp3) is 0.909. The Morgan fingerprint density at radius 3 is 1.93 bits per heavy atom. The van der Waals surface area contributed by atoms with Crippen molar-refractivity contribution in [3.8, 4) is 0 Å². The van der Waals surface area contributed by atoms with Crippen molar-refractivity contribution in [2.45, 2.75) is 26.3 Å². The molecule has 0 aromatic rings. The first-order valence-corrected chi connectivity index (χ1v) is 5.49. The Bertz CT molecular complexity index is 187. The highest BCUT2D eigenvalue weighted by molar-refractivity contribution is 5.79. The zero-order valence-electron chi connectivity index (χ0n) is 11.0. The summed E-state index contributed by atoms with van der Waals surface area (Å²) >= 11 is 0. The first-order valence-electron chi connectivity index (χ1n) is 5.49. The van der Waals surface area contributed by atoms with E-state index >= 15 is 0 Å². The molecule has 0 aromatic heterocycles. The highest BCUT2D eigenvalue weighted by Crippen LogP contribution is 2.03. The molecule has 0 radical (unpaired) electrons. The van der Waals surface area contributed by atoms with Crippen LogP contribution in [0.2, 0.25) is 0 Å². The lowest BCUT2D eigenvalue weighted by molar-refractivity contribution is 0.465. The average Bonchev–Trinajstić information content (AvgIpc) is 2.00. The summed E-state index contributed by atoms with van der Waals surface area (Å²) in [5.41, 5.74) is 5.98. The Kier molecular flexibility index (Phi) is 6.32. The van der Waals surface area contributed by atoms with Crippen LogP contribution in [0.25, 0.3) is 0 Å². The number of rotatable bonds is 4. The van der Waals surface area contributed by atoms with Crippen LogP contribution < -0.4 is 5.73 Å². The van der Waals surface area contributed by atoms with Gasteiger partial charge in [0.2, 0.25) is 0 Å². The molecule has 0 aromatic carbocycles. The monoisotopic (exact) mass is 214 g/mol. The number of aliphatic imine (C=N–C) groups is 1. The van der Waals surface area contributed by atoms with Crippen LogP contribution in [0.1, 0.15) is 20.3 Å². The quantitative estimate of drug-likeness (QED) is 0.557. The minimum atomic E-state index is 0.167. The molecule has 0 saturated carbocycles. The Balaban J connectivity index is 4.21. The van der Waals surface area contributed by atoms with Crippen molar-refractivity contribution < 1.29 is 0 Å². The van der Waals surface area contributed by atoms with Gasteiger partial charge in [0.15, 0.2) is 5.96 Å². The van der Waals surface area contributed by atoms with E-state index in [1.807, 2.05) is 38.0 Å². The fourth-order valence-corrected chi connectivity index (χ4v) is 1.56. The second kappa shape index (κ2) is 6.67. The number of nitrogens with zero attached hydrogens (tertiary/aromatic N) is 3. The van der Waals surface area contributed by atoms with Gasteiger partial charge in [0.1, 0.15) is 0 Å². The van der Waals surface area contributed by atoms with Crippen molar-refractivity contribution in [2.75, 3.05) is 34.7 Å². The molecule has 0 amide bonds. The highest BCUT2D eigenvalue weighted by Gasteiger charge is 2.07. The van der Waals surface area contributed by atoms with Gasteiger partial charge in [-0.15, -0.1) is 0 Å². The van der Waals surface area contributed by atoms with Gasteiger partial charge in [0.05, 0.1) is 6.54 Å². The number of hydrogen-bond acceptors (Lipinski definition) is 2. The smallest absolute Gasteiger partial charge is 0.195 e. The SMILES string of the molecule is CC(C)C[C@H](N)CN=C(N(C)C)N(C)C. The van der Waals surface area contributed by atoms with Crippen LogP contribution in [0.3, 0.4) is 0 Å². The fourth-order valence-electron chi connectivity index (χ4n) is 1.56. The second-order valence-electron chi connectivity index (χ2n) is 4.82. The van der Waals surface area contributed by atoms with E-state index in [0.717, 1.165) is 12.4 Å². The van der Waals surface area contributed by atoms with Crippen LogP contribution >= 0.6 is 0 Å². The normalized spacial score (nSPS) is 12.5. The lowest BCUT2D eigenvalue weighted by atomic mass is 10.1. The van der Waals surface area contributed by atoms with E-state index < -0.39 is 0 Å². The van der Waals surface area contributed by atoms with Gasteiger partial charge in [0.25, 0.3) is 0 Å². The molecule has 2 N–H and O–H groups in total. The van der Waals surface area contributed by atoms with E-state index in [1.54, 1.807) is 0 Å². The molecule has 1 atom stereocenters. The second-order valence-corrected chi connectivity index (χ2v) is 4.82.